The third kappa shape index (κ3) is 6.66. The SMILES string of the molecule is C=CN.CC.Cc1c2c(n(-c3ccc(-c4cc(-c5ccccc5)nc(C5=CC=CC=CC5)n4)cc3)c1C)CCCC2. The molecule has 2 N–H and O–H groups in total. The van der Waals surface area contributed by atoms with E-state index in [0.29, 0.717) is 0 Å². The van der Waals surface area contributed by atoms with E-state index in [-0.39, 0.29) is 0 Å². The summed E-state index contributed by atoms with van der Waals surface area (Å²) in [5, 5.41) is 0. The smallest absolute Gasteiger partial charge is 0.156 e. The molecule has 2 aliphatic carbocycles. The molecule has 41 heavy (non-hydrogen) atoms. The number of fused-ring (bicyclic) bond motifs is 1. The summed E-state index contributed by atoms with van der Waals surface area (Å²) in [5.74, 6) is 0.789. The lowest BCUT2D eigenvalue weighted by Gasteiger charge is -2.17. The summed E-state index contributed by atoms with van der Waals surface area (Å²) in [7, 11) is 0. The van der Waals surface area contributed by atoms with E-state index in [2.05, 4.69) is 116 Å². The van der Waals surface area contributed by atoms with Gasteiger partial charge in [0, 0.05) is 33.8 Å². The Morgan fingerprint density at radius 1 is 0.829 bits per heavy atom. The van der Waals surface area contributed by atoms with Gasteiger partial charge in [-0.1, -0.05) is 93.3 Å². The molecule has 0 radical (unpaired) electrons. The Bertz CT molecular complexity index is 1550. The number of allylic oxidation sites excluding steroid dienone is 6. The van der Waals surface area contributed by atoms with E-state index in [4.69, 9.17) is 9.97 Å². The van der Waals surface area contributed by atoms with Crippen LogP contribution in [0.25, 0.3) is 33.8 Å². The first-order valence-corrected chi connectivity index (χ1v) is 14.7. The molecule has 4 heteroatoms. The summed E-state index contributed by atoms with van der Waals surface area (Å²) in [5.41, 5.74) is 17.0. The first-order valence-electron chi connectivity index (χ1n) is 14.7. The Kier molecular flexibility index (Phi) is 10.3. The molecular formula is C37H42N4. The molecule has 0 unspecified atom stereocenters. The second-order valence-electron chi connectivity index (χ2n) is 10.00. The van der Waals surface area contributed by atoms with Crippen molar-refractivity contribution in [2.75, 3.05) is 0 Å². The highest BCUT2D eigenvalue weighted by molar-refractivity contribution is 5.73. The highest BCUT2D eigenvalue weighted by atomic mass is 15.0. The Morgan fingerprint density at radius 3 is 2.15 bits per heavy atom. The fourth-order valence-electron chi connectivity index (χ4n) is 5.50. The van der Waals surface area contributed by atoms with E-state index in [0.717, 1.165) is 40.3 Å². The van der Waals surface area contributed by atoms with Gasteiger partial charge < -0.3 is 10.3 Å². The monoisotopic (exact) mass is 542 g/mol. The summed E-state index contributed by atoms with van der Waals surface area (Å²) < 4.78 is 2.48. The summed E-state index contributed by atoms with van der Waals surface area (Å²) in [6, 6.07) is 21.4. The fraction of sp³-hybridized carbons (Fsp3) is 0.243. The lowest BCUT2D eigenvalue weighted by molar-refractivity contribution is 0.660. The summed E-state index contributed by atoms with van der Waals surface area (Å²) in [4.78, 5) is 10.0. The lowest BCUT2D eigenvalue weighted by atomic mass is 9.95. The van der Waals surface area contributed by atoms with Crippen LogP contribution in [-0.4, -0.2) is 14.5 Å². The zero-order chi connectivity index (χ0) is 29.2. The largest absolute Gasteiger partial charge is 0.405 e. The number of benzene rings is 2. The van der Waals surface area contributed by atoms with Crippen molar-refractivity contribution in [3.8, 4) is 28.2 Å². The van der Waals surface area contributed by atoms with Crippen LogP contribution in [0.1, 0.15) is 61.4 Å². The summed E-state index contributed by atoms with van der Waals surface area (Å²) in [6.07, 6.45) is 17.5. The number of rotatable bonds is 4. The highest BCUT2D eigenvalue weighted by Crippen LogP contribution is 2.33. The number of hydrogen-bond donors (Lipinski definition) is 1. The van der Waals surface area contributed by atoms with Gasteiger partial charge in [0.15, 0.2) is 5.82 Å². The number of nitrogens with zero attached hydrogens (tertiary/aromatic N) is 3. The molecule has 2 aromatic heterocycles. The molecule has 0 spiro atoms. The Labute approximate surface area is 245 Å². The van der Waals surface area contributed by atoms with Crippen LogP contribution in [0.15, 0.2) is 104 Å². The van der Waals surface area contributed by atoms with E-state index in [9.17, 15) is 0 Å². The second kappa shape index (κ2) is 14.3. The van der Waals surface area contributed by atoms with Gasteiger partial charge in [-0.3, -0.25) is 0 Å². The van der Waals surface area contributed by atoms with Gasteiger partial charge in [0.25, 0.3) is 0 Å². The number of aromatic nitrogens is 3. The standard InChI is InChI=1S/C33H31N3.C2H5N.C2H6/c1-23-24(2)36(32-17-11-10-16-29(23)32)28-20-18-26(19-21-28)31-22-30(25-12-8-5-9-13-25)34-33(35-31)27-14-6-3-4-7-15-27;1-2-3;1-2/h3-9,12-14,18-22H,10-11,15-17H2,1-2H3;2H,1,3H2;1-2H3. The maximum absolute atomic E-state index is 5.03. The third-order valence-corrected chi connectivity index (χ3v) is 7.54. The van der Waals surface area contributed by atoms with Crippen molar-refractivity contribution < 1.29 is 0 Å². The van der Waals surface area contributed by atoms with Crippen LogP contribution in [0.3, 0.4) is 0 Å². The predicted molar refractivity (Wildman–Crippen MR) is 175 cm³/mol. The predicted octanol–water partition coefficient (Wildman–Crippen LogP) is 9.11. The molecule has 4 nitrogen and oxygen atoms in total. The average Bonchev–Trinajstić information content (AvgIpc) is 3.19. The number of hydrogen-bond acceptors (Lipinski definition) is 3. The van der Waals surface area contributed by atoms with Gasteiger partial charge in [-0.2, -0.15) is 0 Å². The molecule has 0 saturated carbocycles. The average molecular weight is 543 g/mol. The van der Waals surface area contributed by atoms with E-state index in [1.54, 1.807) is 5.56 Å². The first kappa shape index (κ1) is 29.5. The molecule has 0 bridgehead atoms. The van der Waals surface area contributed by atoms with Crippen molar-refractivity contribution in [2.45, 2.75) is 59.8 Å². The van der Waals surface area contributed by atoms with Crippen LogP contribution in [-0.2, 0) is 12.8 Å². The minimum absolute atomic E-state index is 0.789. The lowest BCUT2D eigenvalue weighted by Crippen LogP contribution is -2.07. The minimum Gasteiger partial charge on any atom is -0.405 e. The van der Waals surface area contributed by atoms with Gasteiger partial charge in [-0.05, 0) is 81.5 Å². The van der Waals surface area contributed by atoms with Crippen molar-refractivity contribution in [2.24, 2.45) is 5.73 Å². The molecule has 2 heterocycles. The molecule has 2 aromatic carbocycles. The molecule has 0 atom stereocenters. The molecule has 4 aromatic rings. The summed E-state index contributed by atoms with van der Waals surface area (Å²) in [6.45, 7) is 11.7. The van der Waals surface area contributed by atoms with E-state index < -0.39 is 0 Å². The van der Waals surface area contributed by atoms with Gasteiger partial charge >= 0.3 is 0 Å². The molecule has 0 fully saturated rings. The molecule has 0 amide bonds. The zero-order valence-electron chi connectivity index (χ0n) is 24.9. The second-order valence-corrected chi connectivity index (χ2v) is 10.00. The van der Waals surface area contributed by atoms with Crippen molar-refractivity contribution in [1.29, 1.82) is 0 Å². The van der Waals surface area contributed by atoms with E-state index in [1.807, 2.05) is 19.9 Å². The van der Waals surface area contributed by atoms with Crippen LogP contribution in [0.2, 0.25) is 0 Å². The van der Waals surface area contributed by atoms with E-state index >= 15 is 0 Å². The van der Waals surface area contributed by atoms with Gasteiger partial charge in [0.05, 0.1) is 11.4 Å². The number of nitrogens with two attached hydrogens (primary N) is 1. The van der Waals surface area contributed by atoms with Crippen LogP contribution in [0.5, 0.6) is 0 Å². The Balaban J connectivity index is 0.000000728. The van der Waals surface area contributed by atoms with Gasteiger partial charge in [0.1, 0.15) is 0 Å². The van der Waals surface area contributed by atoms with Gasteiger partial charge in [-0.25, -0.2) is 9.97 Å². The van der Waals surface area contributed by atoms with Crippen molar-refractivity contribution >= 4 is 5.57 Å². The molecule has 2 aliphatic rings. The van der Waals surface area contributed by atoms with Crippen LogP contribution < -0.4 is 5.73 Å². The molecule has 0 aliphatic heterocycles. The Hall–Kier alpha value is -4.44. The topological polar surface area (TPSA) is 56.7 Å². The van der Waals surface area contributed by atoms with E-state index in [1.165, 1.54) is 54.5 Å². The quantitative estimate of drug-likeness (QED) is 0.280. The fourth-order valence-corrected chi connectivity index (χ4v) is 5.50. The third-order valence-electron chi connectivity index (χ3n) is 7.54. The molecular weight excluding hydrogens is 500 g/mol. The van der Waals surface area contributed by atoms with Crippen LogP contribution in [0, 0.1) is 13.8 Å². The first-order chi connectivity index (χ1) is 20.1. The normalized spacial score (nSPS) is 13.5. The maximum atomic E-state index is 5.03. The van der Waals surface area contributed by atoms with Crippen LogP contribution >= 0.6 is 0 Å². The van der Waals surface area contributed by atoms with Crippen molar-refractivity contribution in [1.82, 2.24) is 14.5 Å². The highest BCUT2D eigenvalue weighted by Gasteiger charge is 2.21. The summed E-state index contributed by atoms with van der Waals surface area (Å²) >= 11 is 0. The molecule has 6 rings (SSSR count). The molecule has 210 valence electrons. The van der Waals surface area contributed by atoms with Crippen molar-refractivity contribution in [3.63, 3.8) is 0 Å². The van der Waals surface area contributed by atoms with Gasteiger partial charge in [-0.15, -0.1) is 0 Å². The molecule has 0 saturated heterocycles. The zero-order valence-corrected chi connectivity index (χ0v) is 24.9. The van der Waals surface area contributed by atoms with Gasteiger partial charge in [0.2, 0.25) is 0 Å². The van der Waals surface area contributed by atoms with Crippen LogP contribution in [0.4, 0.5) is 0 Å². The maximum Gasteiger partial charge on any atom is 0.156 e. The minimum atomic E-state index is 0.789. The Morgan fingerprint density at radius 2 is 1.46 bits per heavy atom. The van der Waals surface area contributed by atoms with Crippen molar-refractivity contribution in [3.05, 3.63) is 132 Å².